The number of halogens is 1. The van der Waals surface area contributed by atoms with Crippen molar-refractivity contribution in [3.05, 3.63) is 95.5 Å². The summed E-state index contributed by atoms with van der Waals surface area (Å²) >= 11 is 0. The summed E-state index contributed by atoms with van der Waals surface area (Å²) in [5.41, 5.74) is 1.37. The van der Waals surface area contributed by atoms with Crippen LogP contribution in [-0.4, -0.2) is 15.9 Å². The number of pyridine rings is 1. The number of furan rings is 1. The Balaban J connectivity index is 1.73. The molecule has 0 unspecified atom stereocenters. The number of aromatic nitrogens is 1. The smallest absolute Gasteiger partial charge is 0.224 e. The summed E-state index contributed by atoms with van der Waals surface area (Å²) < 4.78 is 18.4. The van der Waals surface area contributed by atoms with Crippen molar-refractivity contribution in [3.63, 3.8) is 0 Å². The van der Waals surface area contributed by atoms with E-state index in [0.717, 1.165) is 11.6 Å². The zero-order chi connectivity index (χ0) is 16.9. The van der Waals surface area contributed by atoms with E-state index in [2.05, 4.69) is 4.98 Å². The summed E-state index contributed by atoms with van der Waals surface area (Å²) in [6.45, 7) is 0. The van der Waals surface area contributed by atoms with E-state index in [0.29, 0.717) is 17.7 Å². The lowest BCUT2D eigenvalue weighted by Crippen LogP contribution is -1.95. The van der Waals surface area contributed by atoms with Gasteiger partial charge in [-0.05, 0) is 42.0 Å². The molecule has 3 rings (SSSR count). The van der Waals surface area contributed by atoms with Crippen molar-refractivity contribution in [2.24, 2.45) is 0 Å². The van der Waals surface area contributed by atoms with Crippen LogP contribution in [0.25, 0.3) is 5.76 Å². The Morgan fingerprint density at radius 1 is 1.08 bits per heavy atom. The molecule has 2 heterocycles. The highest BCUT2D eigenvalue weighted by atomic mass is 19.1. The first kappa shape index (κ1) is 15.7. The van der Waals surface area contributed by atoms with Gasteiger partial charge < -0.3 is 9.52 Å². The fourth-order valence-electron chi connectivity index (χ4n) is 2.21. The van der Waals surface area contributed by atoms with E-state index in [1.54, 1.807) is 36.4 Å². The Labute approximate surface area is 137 Å². The van der Waals surface area contributed by atoms with Gasteiger partial charge in [-0.25, -0.2) is 4.39 Å². The summed E-state index contributed by atoms with van der Waals surface area (Å²) in [6, 6.07) is 12.5. The molecule has 120 valence electrons. The third-order valence-electron chi connectivity index (χ3n) is 3.44. The molecule has 0 radical (unpaired) electrons. The maximum absolute atomic E-state index is 12.9. The highest BCUT2D eigenvalue weighted by Crippen LogP contribution is 2.16. The standard InChI is InChI=1S/C19H14FNO3/c20-15-3-1-13(2-4-15)11-16-5-6-19(24-16)18(23)12-17(22)14-7-9-21-10-8-14/h1-10,12,22H,11H2. The van der Waals surface area contributed by atoms with E-state index < -0.39 is 5.78 Å². The Kier molecular flexibility index (Phi) is 4.52. The van der Waals surface area contributed by atoms with E-state index in [4.69, 9.17) is 4.42 Å². The second-order valence-corrected chi connectivity index (χ2v) is 5.20. The van der Waals surface area contributed by atoms with Crippen LogP contribution in [0, 0.1) is 5.82 Å². The van der Waals surface area contributed by atoms with Crippen molar-refractivity contribution in [1.29, 1.82) is 0 Å². The summed E-state index contributed by atoms with van der Waals surface area (Å²) in [6.07, 6.45) is 4.61. The SMILES string of the molecule is O=C(C=C(O)c1ccncc1)c1ccc(Cc2ccc(F)cc2)o1. The number of carbonyl (C=O) groups is 1. The molecule has 0 bridgehead atoms. The first-order valence-corrected chi connectivity index (χ1v) is 7.30. The zero-order valence-corrected chi connectivity index (χ0v) is 12.6. The van der Waals surface area contributed by atoms with Crippen LogP contribution in [0.5, 0.6) is 0 Å². The highest BCUT2D eigenvalue weighted by Gasteiger charge is 2.11. The molecule has 0 amide bonds. The number of aliphatic hydroxyl groups excluding tert-OH is 1. The average molecular weight is 323 g/mol. The molecule has 0 saturated heterocycles. The van der Waals surface area contributed by atoms with Gasteiger partial charge in [-0.1, -0.05) is 12.1 Å². The molecular weight excluding hydrogens is 309 g/mol. The van der Waals surface area contributed by atoms with Crippen molar-refractivity contribution in [1.82, 2.24) is 4.98 Å². The number of rotatable bonds is 5. The number of hydrogen-bond donors (Lipinski definition) is 1. The topological polar surface area (TPSA) is 63.3 Å². The number of aliphatic hydroxyl groups is 1. The lowest BCUT2D eigenvalue weighted by Gasteiger charge is -1.99. The molecule has 1 N–H and O–H groups in total. The van der Waals surface area contributed by atoms with Gasteiger partial charge in [-0.2, -0.15) is 0 Å². The molecular formula is C19H14FNO3. The molecule has 0 atom stereocenters. The van der Waals surface area contributed by atoms with Crippen LogP contribution in [0.3, 0.4) is 0 Å². The minimum Gasteiger partial charge on any atom is -0.507 e. The minimum absolute atomic E-state index is 0.132. The lowest BCUT2D eigenvalue weighted by molar-refractivity contribution is 0.101. The Bertz CT molecular complexity index is 867. The predicted octanol–water partition coefficient (Wildman–Crippen LogP) is 4.19. The van der Waals surface area contributed by atoms with Crippen molar-refractivity contribution in [2.45, 2.75) is 6.42 Å². The second kappa shape index (κ2) is 6.91. The van der Waals surface area contributed by atoms with Crippen LogP contribution in [0.15, 0.2) is 71.4 Å². The zero-order valence-electron chi connectivity index (χ0n) is 12.6. The Morgan fingerprint density at radius 2 is 1.79 bits per heavy atom. The van der Waals surface area contributed by atoms with Gasteiger partial charge in [-0.15, -0.1) is 0 Å². The van der Waals surface area contributed by atoms with Crippen molar-refractivity contribution in [2.75, 3.05) is 0 Å². The number of carbonyl (C=O) groups excluding carboxylic acids is 1. The molecule has 0 aliphatic heterocycles. The number of hydrogen-bond acceptors (Lipinski definition) is 4. The number of ketones is 1. The molecule has 0 aliphatic carbocycles. The van der Waals surface area contributed by atoms with E-state index in [1.807, 2.05) is 0 Å². The van der Waals surface area contributed by atoms with Gasteiger partial charge in [0.05, 0.1) is 0 Å². The summed E-state index contributed by atoms with van der Waals surface area (Å²) in [5.74, 6) is -0.172. The third kappa shape index (κ3) is 3.76. The fourth-order valence-corrected chi connectivity index (χ4v) is 2.21. The maximum Gasteiger partial charge on any atom is 0.224 e. The fraction of sp³-hybridized carbons (Fsp3) is 0.0526. The Morgan fingerprint density at radius 3 is 2.50 bits per heavy atom. The average Bonchev–Trinajstić information content (AvgIpc) is 3.06. The molecule has 1 aromatic carbocycles. The Hall–Kier alpha value is -3.21. The quantitative estimate of drug-likeness (QED) is 0.434. The monoisotopic (exact) mass is 323 g/mol. The lowest BCUT2D eigenvalue weighted by atomic mass is 10.1. The van der Waals surface area contributed by atoms with Crippen LogP contribution < -0.4 is 0 Å². The molecule has 0 saturated carbocycles. The van der Waals surface area contributed by atoms with Crippen LogP contribution >= 0.6 is 0 Å². The van der Waals surface area contributed by atoms with Gasteiger partial charge in [0.15, 0.2) is 5.76 Å². The molecule has 4 nitrogen and oxygen atoms in total. The summed E-state index contributed by atoms with van der Waals surface area (Å²) in [5, 5.41) is 9.96. The van der Waals surface area contributed by atoms with Gasteiger partial charge >= 0.3 is 0 Å². The van der Waals surface area contributed by atoms with Gasteiger partial charge in [0.2, 0.25) is 5.78 Å². The van der Waals surface area contributed by atoms with Gasteiger partial charge in [-0.3, -0.25) is 9.78 Å². The molecule has 24 heavy (non-hydrogen) atoms. The summed E-state index contributed by atoms with van der Waals surface area (Å²) in [4.78, 5) is 16.0. The van der Waals surface area contributed by atoms with Crippen LogP contribution in [0.4, 0.5) is 4.39 Å². The van der Waals surface area contributed by atoms with Crippen molar-refractivity contribution in [3.8, 4) is 0 Å². The van der Waals surface area contributed by atoms with E-state index >= 15 is 0 Å². The first-order chi connectivity index (χ1) is 11.6. The van der Waals surface area contributed by atoms with E-state index in [-0.39, 0.29) is 17.3 Å². The largest absolute Gasteiger partial charge is 0.507 e. The molecule has 5 heteroatoms. The van der Waals surface area contributed by atoms with Crippen molar-refractivity contribution < 1.29 is 18.7 Å². The van der Waals surface area contributed by atoms with Crippen LogP contribution in [0.1, 0.15) is 27.4 Å². The van der Waals surface area contributed by atoms with Crippen molar-refractivity contribution >= 4 is 11.5 Å². The van der Waals surface area contributed by atoms with Gasteiger partial charge in [0.1, 0.15) is 17.3 Å². The number of allylic oxidation sites excluding steroid dienone is 1. The number of benzene rings is 1. The normalized spacial score (nSPS) is 11.5. The van der Waals surface area contributed by atoms with Gasteiger partial charge in [0.25, 0.3) is 0 Å². The van der Waals surface area contributed by atoms with Gasteiger partial charge in [0, 0.05) is 30.5 Å². The first-order valence-electron chi connectivity index (χ1n) is 7.30. The molecule has 3 aromatic rings. The molecule has 0 spiro atoms. The summed E-state index contributed by atoms with van der Waals surface area (Å²) in [7, 11) is 0. The predicted molar refractivity (Wildman–Crippen MR) is 87.1 cm³/mol. The maximum atomic E-state index is 12.9. The number of nitrogens with zero attached hydrogens (tertiary/aromatic N) is 1. The molecule has 2 aromatic heterocycles. The molecule has 0 aliphatic rings. The molecule has 0 fully saturated rings. The van der Waals surface area contributed by atoms with E-state index in [9.17, 15) is 14.3 Å². The minimum atomic E-state index is -0.435. The second-order valence-electron chi connectivity index (χ2n) is 5.20. The van der Waals surface area contributed by atoms with Crippen LogP contribution in [0.2, 0.25) is 0 Å². The highest BCUT2D eigenvalue weighted by molar-refractivity contribution is 6.05. The van der Waals surface area contributed by atoms with Crippen LogP contribution in [-0.2, 0) is 6.42 Å². The van der Waals surface area contributed by atoms with E-state index in [1.165, 1.54) is 24.5 Å². The third-order valence-corrected chi connectivity index (χ3v) is 3.44.